The monoisotopic (exact) mass is 133 g/mol. The molecule has 0 aliphatic heterocycles. The summed E-state index contributed by atoms with van der Waals surface area (Å²) in [6.45, 7) is 2.41. The maximum absolute atomic E-state index is 8.64. The molecule has 0 saturated carbocycles. The van der Waals surface area contributed by atoms with E-state index in [4.69, 9.17) is 15.6 Å². The molecule has 0 fully saturated rings. The minimum absolute atomic E-state index is 0.0103. The van der Waals surface area contributed by atoms with Crippen LogP contribution in [0.25, 0.3) is 0 Å². The third-order valence-electron chi connectivity index (χ3n) is 1.24. The zero-order chi connectivity index (χ0) is 7.33. The normalized spacial score (nSPS) is 17.3. The molecule has 0 aliphatic rings. The lowest BCUT2D eigenvalue weighted by Gasteiger charge is -2.20. The van der Waals surface area contributed by atoms with Gasteiger partial charge in [-0.15, -0.1) is 0 Å². The van der Waals surface area contributed by atoms with E-state index in [0.29, 0.717) is 13.0 Å². The van der Waals surface area contributed by atoms with E-state index in [1.807, 2.05) is 0 Å². The van der Waals surface area contributed by atoms with Crippen molar-refractivity contribution in [1.82, 2.24) is 0 Å². The van der Waals surface area contributed by atoms with Crippen molar-refractivity contribution in [2.75, 3.05) is 20.3 Å². The van der Waals surface area contributed by atoms with Crippen LogP contribution in [0.5, 0.6) is 0 Å². The number of aliphatic hydroxyl groups excluding tert-OH is 1. The Hall–Kier alpha value is -0.120. The van der Waals surface area contributed by atoms with Crippen LogP contribution in [0.3, 0.4) is 0 Å². The van der Waals surface area contributed by atoms with Crippen LogP contribution in [0, 0.1) is 0 Å². The molecule has 0 amide bonds. The predicted molar refractivity (Wildman–Crippen MR) is 36.2 cm³/mol. The van der Waals surface area contributed by atoms with Gasteiger partial charge in [0, 0.05) is 19.3 Å². The van der Waals surface area contributed by atoms with Crippen molar-refractivity contribution in [3.8, 4) is 0 Å². The van der Waals surface area contributed by atoms with Crippen molar-refractivity contribution in [2.24, 2.45) is 5.73 Å². The van der Waals surface area contributed by atoms with Crippen LogP contribution in [0.1, 0.15) is 13.3 Å². The third-order valence-corrected chi connectivity index (χ3v) is 1.24. The molecule has 3 nitrogen and oxygen atoms in total. The number of ether oxygens (including phenoxy) is 1. The highest BCUT2D eigenvalue weighted by atomic mass is 16.5. The van der Waals surface area contributed by atoms with Gasteiger partial charge in [0.2, 0.25) is 0 Å². The third kappa shape index (κ3) is 4.39. The standard InChI is InChI=1S/C6H15NO2/c1-6(7,5-8)3-4-9-2/h8H,3-5,7H2,1-2H3. The van der Waals surface area contributed by atoms with Crippen molar-refractivity contribution in [2.45, 2.75) is 18.9 Å². The number of aliphatic hydroxyl groups is 1. The maximum Gasteiger partial charge on any atom is 0.0609 e. The number of nitrogens with two attached hydrogens (primary N) is 1. The first-order valence-electron chi connectivity index (χ1n) is 3.01. The fourth-order valence-corrected chi connectivity index (χ4v) is 0.414. The van der Waals surface area contributed by atoms with Gasteiger partial charge in [-0.1, -0.05) is 0 Å². The minimum atomic E-state index is -0.476. The van der Waals surface area contributed by atoms with Crippen LogP contribution < -0.4 is 5.73 Å². The summed E-state index contributed by atoms with van der Waals surface area (Å²) in [6.07, 6.45) is 0.694. The summed E-state index contributed by atoms with van der Waals surface area (Å²) in [5.41, 5.74) is 5.10. The van der Waals surface area contributed by atoms with Gasteiger partial charge < -0.3 is 15.6 Å². The Bertz CT molecular complexity index is 73.5. The van der Waals surface area contributed by atoms with Crippen LogP contribution in [0.15, 0.2) is 0 Å². The van der Waals surface area contributed by atoms with Crippen LogP contribution in [-0.2, 0) is 4.74 Å². The lowest BCUT2D eigenvalue weighted by atomic mass is 10.0. The van der Waals surface area contributed by atoms with E-state index < -0.39 is 5.54 Å². The smallest absolute Gasteiger partial charge is 0.0609 e. The van der Waals surface area contributed by atoms with E-state index in [1.54, 1.807) is 14.0 Å². The van der Waals surface area contributed by atoms with Gasteiger partial charge in [-0.3, -0.25) is 0 Å². The lowest BCUT2D eigenvalue weighted by Crippen LogP contribution is -2.41. The minimum Gasteiger partial charge on any atom is -0.394 e. The van der Waals surface area contributed by atoms with Crippen molar-refractivity contribution in [1.29, 1.82) is 0 Å². The molecule has 0 heterocycles. The Morgan fingerprint density at radius 1 is 1.67 bits per heavy atom. The first-order chi connectivity index (χ1) is 4.12. The Kier molecular flexibility index (Phi) is 3.77. The zero-order valence-corrected chi connectivity index (χ0v) is 6.05. The van der Waals surface area contributed by atoms with Gasteiger partial charge in [-0.25, -0.2) is 0 Å². The first-order valence-corrected chi connectivity index (χ1v) is 3.01. The summed E-state index contributed by atoms with van der Waals surface area (Å²) in [4.78, 5) is 0. The molecular weight excluding hydrogens is 118 g/mol. The summed E-state index contributed by atoms with van der Waals surface area (Å²) in [6, 6.07) is 0. The molecule has 9 heavy (non-hydrogen) atoms. The number of methoxy groups -OCH3 is 1. The number of hydrogen-bond acceptors (Lipinski definition) is 3. The van der Waals surface area contributed by atoms with E-state index in [0.717, 1.165) is 0 Å². The Balaban J connectivity index is 3.33. The summed E-state index contributed by atoms with van der Waals surface area (Å²) in [7, 11) is 1.62. The highest BCUT2D eigenvalue weighted by molar-refractivity contribution is 4.76. The Labute approximate surface area is 55.8 Å². The van der Waals surface area contributed by atoms with E-state index in [-0.39, 0.29) is 6.61 Å². The first kappa shape index (κ1) is 8.88. The van der Waals surface area contributed by atoms with Crippen molar-refractivity contribution >= 4 is 0 Å². The quantitative estimate of drug-likeness (QED) is 0.555. The van der Waals surface area contributed by atoms with Crippen LogP contribution >= 0.6 is 0 Å². The van der Waals surface area contributed by atoms with Gasteiger partial charge in [0.05, 0.1) is 6.61 Å². The molecule has 56 valence electrons. The van der Waals surface area contributed by atoms with Gasteiger partial charge in [0.15, 0.2) is 0 Å². The topological polar surface area (TPSA) is 55.5 Å². The van der Waals surface area contributed by atoms with Crippen LogP contribution in [-0.4, -0.2) is 31.0 Å². The van der Waals surface area contributed by atoms with E-state index in [9.17, 15) is 0 Å². The van der Waals surface area contributed by atoms with Crippen molar-refractivity contribution in [3.05, 3.63) is 0 Å². The van der Waals surface area contributed by atoms with Crippen LogP contribution in [0.4, 0.5) is 0 Å². The highest BCUT2D eigenvalue weighted by Crippen LogP contribution is 2.02. The summed E-state index contributed by atoms with van der Waals surface area (Å²) >= 11 is 0. The molecule has 0 saturated heterocycles. The molecule has 0 bridgehead atoms. The molecule has 0 aromatic rings. The fourth-order valence-electron chi connectivity index (χ4n) is 0.414. The lowest BCUT2D eigenvalue weighted by molar-refractivity contribution is 0.137. The molecule has 0 rings (SSSR count). The fraction of sp³-hybridized carbons (Fsp3) is 1.00. The largest absolute Gasteiger partial charge is 0.394 e. The predicted octanol–water partition coefficient (Wildman–Crippen LogP) is -0.267. The molecule has 0 aromatic heterocycles. The van der Waals surface area contributed by atoms with Gasteiger partial charge in [0.25, 0.3) is 0 Å². The molecule has 3 heteroatoms. The number of rotatable bonds is 4. The SMILES string of the molecule is COCCC(C)(N)CO. The van der Waals surface area contributed by atoms with Crippen molar-refractivity contribution in [3.63, 3.8) is 0 Å². The zero-order valence-electron chi connectivity index (χ0n) is 6.05. The van der Waals surface area contributed by atoms with E-state index in [2.05, 4.69) is 0 Å². The van der Waals surface area contributed by atoms with E-state index >= 15 is 0 Å². The molecule has 1 unspecified atom stereocenters. The summed E-state index contributed by atoms with van der Waals surface area (Å²) in [5, 5.41) is 8.64. The second-order valence-electron chi connectivity index (χ2n) is 2.55. The average Bonchev–Trinajstić information content (AvgIpc) is 1.84. The summed E-state index contributed by atoms with van der Waals surface area (Å²) in [5.74, 6) is 0. The highest BCUT2D eigenvalue weighted by Gasteiger charge is 2.15. The second kappa shape index (κ2) is 3.82. The Morgan fingerprint density at radius 3 is 2.56 bits per heavy atom. The van der Waals surface area contributed by atoms with Crippen LogP contribution in [0.2, 0.25) is 0 Å². The maximum atomic E-state index is 8.64. The van der Waals surface area contributed by atoms with Gasteiger partial charge >= 0.3 is 0 Å². The van der Waals surface area contributed by atoms with Gasteiger partial charge in [-0.05, 0) is 13.3 Å². The van der Waals surface area contributed by atoms with Gasteiger partial charge in [-0.2, -0.15) is 0 Å². The van der Waals surface area contributed by atoms with Crippen molar-refractivity contribution < 1.29 is 9.84 Å². The van der Waals surface area contributed by atoms with E-state index in [1.165, 1.54) is 0 Å². The average molecular weight is 133 g/mol. The molecule has 0 spiro atoms. The number of hydrogen-bond donors (Lipinski definition) is 2. The molecule has 0 radical (unpaired) electrons. The molecule has 1 atom stereocenters. The second-order valence-corrected chi connectivity index (χ2v) is 2.55. The molecular formula is C6H15NO2. The molecule has 3 N–H and O–H groups in total. The molecule has 0 aliphatic carbocycles. The molecule has 0 aromatic carbocycles. The van der Waals surface area contributed by atoms with Gasteiger partial charge in [0.1, 0.15) is 0 Å². The summed E-state index contributed by atoms with van der Waals surface area (Å²) < 4.78 is 4.79. The Morgan fingerprint density at radius 2 is 2.22 bits per heavy atom.